The fourth-order valence-electron chi connectivity index (χ4n) is 1.62. The summed E-state index contributed by atoms with van der Waals surface area (Å²) in [6.45, 7) is 3.96. The molecule has 1 rings (SSSR count). The maximum atomic E-state index is 11.6. The number of allylic oxidation sites excluding steroid dienone is 5. The normalized spacial score (nSPS) is 17.0. The van der Waals surface area contributed by atoms with Crippen molar-refractivity contribution < 1.29 is 14.1 Å². The van der Waals surface area contributed by atoms with E-state index in [1.807, 2.05) is 19.1 Å². The molecule has 0 fully saturated rings. The Kier molecular flexibility index (Phi) is 9.30. The second-order valence-electron chi connectivity index (χ2n) is 4.53. The van der Waals surface area contributed by atoms with Crippen LogP contribution in [-0.2, 0) is 8.98 Å². The summed E-state index contributed by atoms with van der Waals surface area (Å²) < 4.78 is 5.15. The van der Waals surface area contributed by atoms with E-state index < -0.39 is 0 Å². The highest BCUT2D eigenvalue weighted by atomic mass is 32.2. The van der Waals surface area contributed by atoms with Crippen LogP contribution < -0.4 is 0 Å². The molecule has 0 aliphatic heterocycles. The molecule has 0 aromatic heterocycles. The lowest BCUT2D eigenvalue weighted by Gasteiger charge is -2.09. The van der Waals surface area contributed by atoms with Crippen LogP contribution in [0.1, 0.15) is 26.7 Å². The molecule has 116 valence electrons. The maximum Gasteiger partial charge on any atom is 0.345 e. The number of carbonyl (C=O) groups is 1. The highest BCUT2D eigenvalue weighted by Crippen LogP contribution is 2.22. The van der Waals surface area contributed by atoms with Gasteiger partial charge in [-0.05, 0) is 36.3 Å². The molecule has 0 unspecified atom stereocenters. The van der Waals surface area contributed by atoms with Crippen LogP contribution in [-0.4, -0.2) is 29.2 Å². The minimum Gasteiger partial charge on any atom is -0.396 e. The molecule has 0 radical (unpaired) electrons. The van der Waals surface area contributed by atoms with E-state index in [9.17, 15) is 4.79 Å². The molecule has 5 heteroatoms. The van der Waals surface area contributed by atoms with Crippen LogP contribution in [0.4, 0.5) is 0 Å². The van der Waals surface area contributed by atoms with Crippen LogP contribution in [0.25, 0.3) is 0 Å². The summed E-state index contributed by atoms with van der Waals surface area (Å²) in [5.74, 6) is 1.13. The molecule has 0 bridgehead atoms. The summed E-state index contributed by atoms with van der Waals surface area (Å²) in [4.78, 5) is 11.6. The van der Waals surface area contributed by atoms with Gasteiger partial charge in [-0.2, -0.15) is 0 Å². The molecule has 0 aromatic rings. The Balaban J connectivity index is 2.29. The van der Waals surface area contributed by atoms with Gasteiger partial charge in [0.05, 0.1) is 24.4 Å². The SMILES string of the molecule is CCC=C(C)C(=O)OSCC1=CCC(=CSCCO)C=C1. The van der Waals surface area contributed by atoms with Gasteiger partial charge in [-0.25, -0.2) is 4.79 Å². The van der Waals surface area contributed by atoms with Gasteiger partial charge in [0.2, 0.25) is 0 Å². The lowest BCUT2D eigenvalue weighted by molar-refractivity contribution is -0.128. The van der Waals surface area contributed by atoms with E-state index in [4.69, 9.17) is 9.29 Å². The lowest BCUT2D eigenvalue weighted by Crippen LogP contribution is -2.01. The second-order valence-corrected chi connectivity index (χ2v) is 6.20. The number of carbonyl (C=O) groups excluding carboxylic acids is 1. The Hall–Kier alpha value is -0.910. The molecule has 0 atom stereocenters. The predicted molar refractivity (Wildman–Crippen MR) is 92.1 cm³/mol. The van der Waals surface area contributed by atoms with Gasteiger partial charge < -0.3 is 9.29 Å². The minimum absolute atomic E-state index is 0.202. The van der Waals surface area contributed by atoms with Crippen LogP contribution in [0.15, 0.2) is 46.4 Å². The number of thioether (sulfide) groups is 1. The largest absolute Gasteiger partial charge is 0.396 e. The average Bonchev–Trinajstić information content (AvgIpc) is 2.49. The molecular weight excluding hydrogens is 304 g/mol. The molecule has 0 saturated heterocycles. The second kappa shape index (κ2) is 10.8. The molecule has 21 heavy (non-hydrogen) atoms. The van der Waals surface area contributed by atoms with E-state index in [-0.39, 0.29) is 12.6 Å². The van der Waals surface area contributed by atoms with Crippen LogP contribution in [0.3, 0.4) is 0 Å². The van der Waals surface area contributed by atoms with Crippen molar-refractivity contribution in [1.82, 2.24) is 0 Å². The minimum atomic E-state index is -0.261. The van der Waals surface area contributed by atoms with Crippen molar-refractivity contribution in [3.05, 3.63) is 46.4 Å². The highest BCUT2D eigenvalue weighted by Gasteiger charge is 2.07. The molecule has 0 aromatic carbocycles. The van der Waals surface area contributed by atoms with E-state index in [0.717, 1.165) is 24.2 Å². The van der Waals surface area contributed by atoms with E-state index in [1.165, 1.54) is 17.6 Å². The fourth-order valence-corrected chi connectivity index (χ4v) is 2.88. The monoisotopic (exact) mass is 326 g/mol. The van der Waals surface area contributed by atoms with Crippen molar-refractivity contribution >= 4 is 29.8 Å². The van der Waals surface area contributed by atoms with Gasteiger partial charge in [0, 0.05) is 11.3 Å². The summed E-state index contributed by atoms with van der Waals surface area (Å²) in [6, 6.07) is 0. The summed E-state index contributed by atoms with van der Waals surface area (Å²) in [5.41, 5.74) is 3.06. The van der Waals surface area contributed by atoms with Gasteiger partial charge >= 0.3 is 5.97 Å². The maximum absolute atomic E-state index is 11.6. The van der Waals surface area contributed by atoms with Crippen molar-refractivity contribution in [3.8, 4) is 0 Å². The van der Waals surface area contributed by atoms with Crippen molar-refractivity contribution in [2.24, 2.45) is 0 Å². The molecule has 0 saturated carbocycles. The summed E-state index contributed by atoms with van der Waals surface area (Å²) in [5, 5.41) is 10.8. The fraction of sp³-hybridized carbons (Fsp3) is 0.438. The zero-order valence-electron chi connectivity index (χ0n) is 12.5. The first-order valence-corrected chi connectivity index (χ1v) is 8.92. The van der Waals surface area contributed by atoms with E-state index >= 15 is 0 Å². The van der Waals surface area contributed by atoms with Crippen molar-refractivity contribution in [2.75, 3.05) is 18.1 Å². The lowest BCUT2D eigenvalue weighted by atomic mass is 10.1. The topological polar surface area (TPSA) is 46.5 Å². The Morgan fingerprint density at radius 3 is 2.90 bits per heavy atom. The van der Waals surface area contributed by atoms with Gasteiger partial charge in [0.25, 0.3) is 0 Å². The standard InChI is InChI=1S/C16H22O3S2/c1-3-4-13(2)16(18)19-21-12-15-7-5-14(6-8-15)11-20-10-9-17/h4-5,7-8,11,17H,3,6,9-10,12H2,1-2H3. The summed E-state index contributed by atoms with van der Waals surface area (Å²) in [7, 11) is 0. The third kappa shape index (κ3) is 7.60. The molecule has 1 aliphatic rings. The van der Waals surface area contributed by atoms with Crippen molar-refractivity contribution in [3.63, 3.8) is 0 Å². The van der Waals surface area contributed by atoms with E-state index in [2.05, 4.69) is 17.6 Å². The molecule has 0 amide bonds. The van der Waals surface area contributed by atoms with Gasteiger partial charge in [-0.3, -0.25) is 0 Å². The van der Waals surface area contributed by atoms with Crippen molar-refractivity contribution in [1.29, 1.82) is 0 Å². The number of rotatable bonds is 8. The van der Waals surface area contributed by atoms with Crippen LogP contribution in [0.5, 0.6) is 0 Å². The Labute approximate surface area is 135 Å². The van der Waals surface area contributed by atoms with Crippen LogP contribution in [0, 0.1) is 0 Å². The van der Waals surface area contributed by atoms with Crippen LogP contribution >= 0.6 is 23.8 Å². The number of aliphatic hydroxyl groups is 1. The summed E-state index contributed by atoms with van der Waals surface area (Å²) in [6.07, 6.45) is 9.84. The zero-order valence-corrected chi connectivity index (χ0v) is 14.1. The molecule has 0 spiro atoms. The number of hydrogen-bond donors (Lipinski definition) is 1. The molecular formula is C16H22O3S2. The molecule has 1 aliphatic carbocycles. The average molecular weight is 326 g/mol. The molecule has 3 nitrogen and oxygen atoms in total. The first kappa shape index (κ1) is 18.1. The highest BCUT2D eigenvalue weighted by molar-refractivity contribution is 8.02. The number of aliphatic hydroxyl groups excluding tert-OH is 1. The van der Waals surface area contributed by atoms with Gasteiger partial charge in [-0.15, -0.1) is 11.8 Å². The number of hydrogen-bond acceptors (Lipinski definition) is 5. The first-order chi connectivity index (χ1) is 10.2. The van der Waals surface area contributed by atoms with Crippen molar-refractivity contribution in [2.45, 2.75) is 26.7 Å². The Bertz CT molecular complexity index is 462. The summed E-state index contributed by atoms with van der Waals surface area (Å²) >= 11 is 2.79. The van der Waals surface area contributed by atoms with Crippen LogP contribution in [0.2, 0.25) is 0 Å². The quantitative estimate of drug-likeness (QED) is 0.414. The first-order valence-electron chi connectivity index (χ1n) is 6.96. The van der Waals surface area contributed by atoms with E-state index in [1.54, 1.807) is 18.7 Å². The van der Waals surface area contributed by atoms with Gasteiger partial charge in [0.15, 0.2) is 0 Å². The molecule has 1 N–H and O–H groups in total. The third-order valence-corrected chi connectivity index (χ3v) is 4.36. The van der Waals surface area contributed by atoms with Gasteiger partial charge in [-0.1, -0.05) is 31.2 Å². The van der Waals surface area contributed by atoms with Gasteiger partial charge in [0.1, 0.15) is 0 Å². The predicted octanol–water partition coefficient (Wildman–Crippen LogP) is 4.03. The Morgan fingerprint density at radius 2 is 2.29 bits per heavy atom. The zero-order chi connectivity index (χ0) is 15.5. The van der Waals surface area contributed by atoms with E-state index in [0.29, 0.717) is 11.3 Å². The third-order valence-electron chi connectivity index (χ3n) is 2.75. The molecule has 0 heterocycles. The smallest absolute Gasteiger partial charge is 0.345 e. The Morgan fingerprint density at radius 1 is 1.48 bits per heavy atom.